The summed E-state index contributed by atoms with van der Waals surface area (Å²) in [6.07, 6.45) is 5.15. The molecule has 1 saturated heterocycles. The second kappa shape index (κ2) is 10.2. The van der Waals surface area contributed by atoms with E-state index in [0.29, 0.717) is 0 Å². The molecule has 2 N–H and O–H groups in total. The van der Waals surface area contributed by atoms with Gasteiger partial charge in [0.1, 0.15) is 22.0 Å². The summed E-state index contributed by atoms with van der Waals surface area (Å²) in [4.78, 5) is 27.2. The van der Waals surface area contributed by atoms with Gasteiger partial charge in [-0.2, -0.15) is 5.09 Å². The van der Waals surface area contributed by atoms with Gasteiger partial charge in [0.15, 0.2) is 6.23 Å². The molecule has 2 aliphatic rings. The number of hydrogen-bond acceptors (Lipinski definition) is 8. The number of alkyl halides is 1. The van der Waals surface area contributed by atoms with E-state index >= 15 is 4.39 Å². The fourth-order valence-electron chi connectivity index (χ4n) is 4.19. The van der Waals surface area contributed by atoms with Crippen LogP contribution in [0, 0.1) is 22.9 Å². The van der Waals surface area contributed by atoms with E-state index in [0.717, 1.165) is 4.57 Å². The Balaban J connectivity index is 1.56. The van der Waals surface area contributed by atoms with Crippen molar-refractivity contribution in [2.45, 2.75) is 56.8 Å². The highest BCUT2D eigenvalue weighted by Crippen LogP contribution is 2.66. The maximum Gasteiger partial charge on any atom is 0.459 e. The molecule has 1 saturated carbocycles. The van der Waals surface area contributed by atoms with Crippen LogP contribution < -0.4 is 15.3 Å². The molecule has 0 amide bonds. The Kier molecular flexibility index (Phi) is 7.48. The van der Waals surface area contributed by atoms with E-state index in [9.17, 15) is 14.2 Å². The number of rotatable bonds is 10. The Labute approximate surface area is 218 Å². The second-order valence-corrected chi connectivity index (χ2v) is 11.4. The largest absolute Gasteiger partial charge is 0.462 e. The topological polar surface area (TPSA) is 121 Å². The summed E-state index contributed by atoms with van der Waals surface area (Å²) < 4.78 is 53.3. The van der Waals surface area contributed by atoms with E-state index in [4.69, 9.17) is 37.2 Å². The molecule has 1 aromatic carbocycles. The predicted molar refractivity (Wildman–Crippen MR) is 134 cm³/mol. The lowest BCUT2D eigenvalue weighted by molar-refractivity contribution is -0.149. The Morgan fingerprint density at radius 1 is 1.38 bits per heavy atom. The molecule has 13 heteroatoms. The van der Waals surface area contributed by atoms with Crippen LogP contribution in [0.15, 0.2) is 47.4 Å². The minimum Gasteiger partial charge on any atom is -0.462 e. The van der Waals surface area contributed by atoms with E-state index < -0.39 is 48.9 Å². The van der Waals surface area contributed by atoms with Crippen molar-refractivity contribution in [3.63, 3.8) is 0 Å². The molecule has 10 nitrogen and oxygen atoms in total. The number of aromatic nitrogens is 2. The van der Waals surface area contributed by atoms with Crippen LogP contribution in [0.5, 0.6) is 5.75 Å². The van der Waals surface area contributed by atoms with Crippen LogP contribution in [0.3, 0.4) is 0 Å². The first kappa shape index (κ1) is 27.2. The molecular formula is C24H27FN3O7PS. The zero-order valence-corrected chi connectivity index (χ0v) is 22.1. The first-order valence-electron chi connectivity index (χ1n) is 11.5. The molecule has 1 aliphatic carbocycles. The van der Waals surface area contributed by atoms with Crippen molar-refractivity contribution in [2.24, 2.45) is 5.92 Å². The molecule has 0 radical (unpaired) electrons. The van der Waals surface area contributed by atoms with Crippen LogP contribution in [-0.2, 0) is 23.4 Å². The first-order valence-corrected chi connectivity index (χ1v) is 13.5. The molecule has 2 fully saturated rings. The van der Waals surface area contributed by atoms with Crippen molar-refractivity contribution in [2.75, 3.05) is 6.61 Å². The molecule has 0 bridgehead atoms. The van der Waals surface area contributed by atoms with Gasteiger partial charge in [0.25, 0.3) is 0 Å². The van der Waals surface area contributed by atoms with Gasteiger partial charge in [-0.05, 0) is 45.4 Å². The third-order valence-electron chi connectivity index (χ3n) is 6.07. The van der Waals surface area contributed by atoms with Crippen LogP contribution in [0.1, 0.15) is 33.4 Å². The number of terminal acetylenes is 1. The lowest BCUT2D eigenvalue weighted by atomic mass is 9.99. The molecule has 198 valence electrons. The molecule has 6 unspecified atom stereocenters. The van der Waals surface area contributed by atoms with Crippen molar-refractivity contribution >= 4 is 25.9 Å². The van der Waals surface area contributed by atoms with Crippen molar-refractivity contribution < 1.29 is 32.3 Å². The van der Waals surface area contributed by atoms with Crippen molar-refractivity contribution in [3.8, 4) is 18.1 Å². The molecule has 2 heterocycles. The van der Waals surface area contributed by atoms with E-state index in [-0.39, 0.29) is 29.5 Å². The Morgan fingerprint density at radius 2 is 2.08 bits per heavy atom. The lowest BCUT2D eigenvalue weighted by Crippen LogP contribution is -2.39. The molecule has 1 aliphatic heterocycles. The minimum atomic E-state index is -4.21. The summed E-state index contributed by atoms with van der Waals surface area (Å²) in [7, 11) is -4.21. The average Bonchev–Trinajstić information content (AvgIpc) is 3.51. The molecule has 2 aromatic rings. The summed E-state index contributed by atoms with van der Waals surface area (Å²) in [6.45, 7) is 4.43. The second-order valence-electron chi connectivity index (χ2n) is 9.23. The zero-order chi connectivity index (χ0) is 27.0. The Hall–Kier alpha value is -2.81. The molecular weight excluding hydrogens is 524 g/mol. The summed E-state index contributed by atoms with van der Waals surface area (Å²) in [5.41, 5.74) is -4.29. The van der Waals surface area contributed by atoms with Gasteiger partial charge in [0, 0.05) is 12.1 Å². The SMILES string of the molecule is C#CC1(F)C(n2ccc(=S)[nH]c2=O)OC2(COP(=O)(NC(C)C(=O)OC(C)C)Oc3ccccc3)CC21. The predicted octanol–water partition coefficient (Wildman–Crippen LogP) is 3.67. The van der Waals surface area contributed by atoms with Gasteiger partial charge in [-0.15, -0.1) is 6.42 Å². The van der Waals surface area contributed by atoms with Crippen molar-refractivity contribution in [1.29, 1.82) is 0 Å². The number of esters is 1. The van der Waals surface area contributed by atoms with Gasteiger partial charge < -0.3 is 14.0 Å². The minimum absolute atomic E-state index is 0.165. The third-order valence-corrected chi connectivity index (χ3v) is 7.93. The van der Waals surface area contributed by atoms with E-state index in [2.05, 4.69) is 16.0 Å². The van der Waals surface area contributed by atoms with Crippen LogP contribution in [0.2, 0.25) is 0 Å². The molecule has 37 heavy (non-hydrogen) atoms. The van der Waals surface area contributed by atoms with E-state index in [1.165, 1.54) is 19.2 Å². The monoisotopic (exact) mass is 551 g/mol. The van der Waals surface area contributed by atoms with Gasteiger partial charge in [-0.3, -0.25) is 18.9 Å². The van der Waals surface area contributed by atoms with Crippen LogP contribution in [0.4, 0.5) is 4.39 Å². The number of halogens is 1. The van der Waals surface area contributed by atoms with Crippen LogP contribution >= 0.6 is 20.0 Å². The summed E-state index contributed by atoms with van der Waals surface area (Å²) in [5.74, 6) is 0.845. The summed E-state index contributed by atoms with van der Waals surface area (Å²) in [5, 5.41) is 2.57. The molecule has 0 spiro atoms. The number of nitrogens with zero attached hydrogens (tertiary/aromatic N) is 1. The number of carbonyl (C=O) groups is 1. The average molecular weight is 552 g/mol. The van der Waals surface area contributed by atoms with Gasteiger partial charge in [0.2, 0.25) is 5.67 Å². The van der Waals surface area contributed by atoms with E-state index in [1.54, 1.807) is 44.2 Å². The Bertz CT molecular complexity index is 1380. The van der Waals surface area contributed by atoms with Crippen molar-refractivity contribution in [1.82, 2.24) is 14.6 Å². The third kappa shape index (κ3) is 5.56. The van der Waals surface area contributed by atoms with Gasteiger partial charge in [-0.1, -0.05) is 36.3 Å². The quantitative estimate of drug-likeness (QED) is 0.197. The maximum absolute atomic E-state index is 16.0. The molecule has 4 rings (SSSR count). The Morgan fingerprint density at radius 3 is 2.70 bits per heavy atom. The number of benzene rings is 1. The van der Waals surface area contributed by atoms with Crippen LogP contribution in [0.25, 0.3) is 0 Å². The number of para-hydroxylation sites is 1. The molecule has 1 aromatic heterocycles. The van der Waals surface area contributed by atoms with E-state index in [1.807, 2.05) is 0 Å². The van der Waals surface area contributed by atoms with Crippen LogP contribution in [-0.4, -0.2) is 45.5 Å². The number of aromatic amines is 1. The highest BCUT2D eigenvalue weighted by molar-refractivity contribution is 7.71. The summed E-state index contributed by atoms with van der Waals surface area (Å²) >= 11 is 4.94. The van der Waals surface area contributed by atoms with Gasteiger partial charge >= 0.3 is 19.4 Å². The molecule has 6 atom stereocenters. The summed E-state index contributed by atoms with van der Waals surface area (Å²) in [6, 6.07) is 8.56. The van der Waals surface area contributed by atoms with Gasteiger partial charge in [-0.25, -0.2) is 13.8 Å². The number of hydrogen-bond donors (Lipinski definition) is 2. The van der Waals surface area contributed by atoms with Gasteiger partial charge in [0.05, 0.1) is 12.7 Å². The lowest BCUT2D eigenvalue weighted by Gasteiger charge is -2.27. The normalized spacial score (nSPS) is 28.5. The smallest absolute Gasteiger partial charge is 0.459 e. The highest BCUT2D eigenvalue weighted by atomic mass is 32.1. The number of carbonyl (C=O) groups excluding carboxylic acids is 1. The first-order chi connectivity index (χ1) is 17.4. The number of H-pyrrole nitrogens is 1. The maximum atomic E-state index is 16.0. The number of fused-ring (bicyclic) bond motifs is 1. The zero-order valence-electron chi connectivity index (χ0n) is 20.4. The standard InChI is InChI=1S/C24H27FN3O7PS/c1-5-24(25)18-13-23(18,34-21(24)28-12-11-19(37)26-22(28)30)14-32-36(31,35-17-9-7-6-8-10-17)27-16(4)20(29)33-15(2)3/h1,6-12,15-16,18,21H,13-14H2,2-4H3,(H,27,31)(H,26,30,37). The fraction of sp³-hybridized carbons (Fsp3) is 0.458. The number of nitrogens with one attached hydrogen (secondary N) is 2. The number of ether oxygens (including phenoxy) is 2. The van der Waals surface area contributed by atoms with Crippen molar-refractivity contribution in [3.05, 3.63) is 57.7 Å². The highest BCUT2D eigenvalue weighted by Gasteiger charge is 2.76. The fourth-order valence-corrected chi connectivity index (χ4v) is 5.89.